The van der Waals surface area contributed by atoms with Gasteiger partial charge in [0.15, 0.2) is 0 Å². The van der Waals surface area contributed by atoms with E-state index in [-0.39, 0.29) is 5.91 Å². The number of nitrogens with zero attached hydrogens (tertiary/aromatic N) is 1. The summed E-state index contributed by atoms with van der Waals surface area (Å²) in [6.45, 7) is 0. The molecule has 1 amide bonds. The van der Waals surface area contributed by atoms with Crippen molar-refractivity contribution in [1.29, 1.82) is 0 Å². The molecular formula is C21H22N2OS. The molecule has 2 heterocycles. The molecule has 128 valence electrons. The van der Waals surface area contributed by atoms with Gasteiger partial charge in [-0.2, -0.15) is 0 Å². The molecule has 4 heteroatoms. The summed E-state index contributed by atoms with van der Waals surface area (Å²) in [6.07, 6.45) is 7.17. The van der Waals surface area contributed by atoms with E-state index in [9.17, 15) is 4.79 Å². The van der Waals surface area contributed by atoms with Crippen molar-refractivity contribution in [2.45, 2.75) is 44.6 Å². The van der Waals surface area contributed by atoms with Crippen LogP contribution >= 0.6 is 11.3 Å². The molecule has 0 unspecified atom stereocenters. The number of nitrogens with one attached hydrogen (secondary N) is 1. The maximum atomic E-state index is 13.0. The first-order valence-corrected chi connectivity index (χ1v) is 9.94. The number of fused-ring (bicyclic) bond motifs is 1. The standard InChI is InChI=1S/C21H22N2OS/c24-21(22-15-8-3-1-2-4-9-15)17-14-19(20-12-7-13-25-20)23-18-11-6-5-10-16(17)18/h5-7,10-15H,1-4,8-9H2,(H,22,24). The van der Waals surface area contributed by atoms with E-state index in [1.54, 1.807) is 11.3 Å². The summed E-state index contributed by atoms with van der Waals surface area (Å²) < 4.78 is 0. The zero-order chi connectivity index (χ0) is 17.1. The number of pyridine rings is 1. The van der Waals surface area contributed by atoms with Gasteiger partial charge < -0.3 is 5.32 Å². The molecule has 0 radical (unpaired) electrons. The number of aromatic nitrogens is 1. The fourth-order valence-electron chi connectivity index (χ4n) is 3.60. The monoisotopic (exact) mass is 350 g/mol. The molecule has 25 heavy (non-hydrogen) atoms. The van der Waals surface area contributed by atoms with Gasteiger partial charge in [0.05, 0.1) is 21.7 Å². The lowest BCUT2D eigenvalue weighted by Crippen LogP contribution is -2.34. The predicted octanol–water partition coefficient (Wildman–Crippen LogP) is 5.42. The minimum Gasteiger partial charge on any atom is -0.349 e. The van der Waals surface area contributed by atoms with Gasteiger partial charge in [-0.25, -0.2) is 4.98 Å². The molecule has 0 saturated heterocycles. The summed E-state index contributed by atoms with van der Waals surface area (Å²) in [5.74, 6) is 0.0308. The molecule has 1 N–H and O–H groups in total. The summed E-state index contributed by atoms with van der Waals surface area (Å²) >= 11 is 1.65. The van der Waals surface area contributed by atoms with Gasteiger partial charge in [-0.15, -0.1) is 11.3 Å². The van der Waals surface area contributed by atoms with Crippen LogP contribution in [0.5, 0.6) is 0 Å². The van der Waals surface area contributed by atoms with Gasteiger partial charge in [0, 0.05) is 11.4 Å². The Kier molecular flexibility index (Phi) is 4.79. The first-order valence-electron chi connectivity index (χ1n) is 9.06. The highest BCUT2D eigenvalue weighted by Gasteiger charge is 2.19. The molecule has 1 aliphatic carbocycles. The van der Waals surface area contributed by atoms with E-state index in [2.05, 4.69) is 11.4 Å². The van der Waals surface area contributed by atoms with E-state index in [1.807, 2.05) is 41.8 Å². The van der Waals surface area contributed by atoms with Crippen LogP contribution in [0, 0.1) is 0 Å². The number of thiophene rings is 1. The fraction of sp³-hybridized carbons (Fsp3) is 0.333. The first-order chi connectivity index (χ1) is 12.3. The van der Waals surface area contributed by atoms with E-state index >= 15 is 0 Å². The Morgan fingerprint density at radius 2 is 1.84 bits per heavy atom. The molecule has 2 aromatic heterocycles. The lowest BCUT2D eigenvalue weighted by Gasteiger charge is -2.17. The summed E-state index contributed by atoms with van der Waals surface area (Å²) in [5, 5.41) is 6.24. The predicted molar refractivity (Wildman–Crippen MR) is 104 cm³/mol. The molecule has 3 aromatic rings. The van der Waals surface area contributed by atoms with Crippen molar-refractivity contribution in [2.75, 3.05) is 0 Å². The van der Waals surface area contributed by atoms with Gasteiger partial charge in [0.2, 0.25) is 0 Å². The Morgan fingerprint density at radius 3 is 2.60 bits per heavy atom. The number of benzene rings is 1. The zero-order valence-electron chi connectivity index (χ0n) is 14.2. The van der Waals surface area contributed by atoms with Crippen LogP contribution < -0.4 is 5.32 Å². The van der Waals surface area contributed by atoms with Crippen molar-refractivity contribution < 1.29 is 4.79 Å². The number of carbonyl (C=O) groups excluding carboxylic acids is 1. The van der Waals surface area contributed by atoms with Gasteiger partial charge in [-0.1, -0.05) is 49.9 Å². The van der Waals surface area contributed by atoms with Crippen LogP contribution in [0.15, 0.2) is 47.8 Å². The first kappa shape index (κ1) is 16.3. The third kappa shape index (κ3) is 3.59. The minimum atomic E-state index is 0.0308. The van der Waals surface area contributed by atoms with E-state index < -0.39 is 0 Å². The highest BCUT2D eigenvalue weighted by atomic mass is 32.1. The smallest absolute Gasteiger partial charge is 0.252 e. The van der Waals surface area contributed by atoms with Crippen LogP contribution in [0.2, 0.25) is 0 Å². The Labute approximate surface area is 152 Å². The van der Waals surface area contributed by atoms with Crippen molar-refractivity contribution >= 4 is 28.1 Å². The number of amides is 1. The van der Waals surface area contributed by atoms with Crippen molar-refractivity contribution in [3.8, 4) is 10.6 Å². The lowest BCUT2D eigenvalue weighted by atomic mass is 10.0. The lowest BCUT2D eigenvalue weighted by molar-refractivity contribution is 0.0935. The molecule has 1 fully saturated rings. The third-order valence-corrected chi connectivity index (χ3v) is 5.82. The summed E-state index contributed by atoms with van der Waals surface area (Å²) in [6, 6.07) is 14.2. The van der Waals surface area contributed by atoms with Crippen LogP contribution in [0.25, 0.3) is 21.5 Å². The molecule has 0 bridgehead atoms. The van der Waals surface area contributed by atoms with Crippen molar-refractivity contribution in [3.63, 3.8) is 0 Å². The van der Waals surface area contributed by atoms with Gasteiger partial charge >= 0.3 is 0 Å². The largest absolute Gasteiger partial charge is 0.349 e. The van der Waals surface area contributed by atoms with Crippen LogP contribution in [0.3, 0.4) is 0 Å². The maximum Gasteiger partial charge on any atom is 0.252 e. The number of carbonyl (C=O) groups is 1. The molecule has 1 aliphatic rings. The fourth-order valence-corrected chi connectivity index (χ4v) is 4.29. The Morgan fingerprint density at radius 1 is 1.04 bits per heavy atom. The summed E-state index contributed by atoms with van der Waals surface area (Å²) in [7, 11) is 0. The molecule has 0 spiro atoms. The van der Waals surface area contributed by atoms with Crippen LogP contribution in [0.4, 0.5) is 0 Å². The van der Waals surface area contributed by atoms with Gasteiger partial charge in [0.25, 0.3) is 5.91 Å². The zero-order valence-corrected chi connectivity index (χ0v) is 15.0. The van der Waals surface area contributed by atoms with Gasteiger partial charge in [-0.3, -0.25) is 4.79 Å². The topological polar surface area (TPSA) is 42.0 Å². The van der Waals surface area contributed by atoms with E-state index in [4.69, 9.17) is 4.98 Å². The average Bonchev–Trinajstić information content (AvgIpc) is 3.06. The minimum absolute atomic E-state index is 0.0308. The Hall–Kier alpha value is -2.20. The molecule has 1 saturated carbocycles. The van der Waals surface area contributed by atoms with Crippen molar-refractivity contribution in [3.05, 3.63) is 53.4 Å². The Bertz CT molecular complexity index is 865. The molecule has 4 rings (SSSR count). The molecule has 0 atom stereocenters. The number of hydrogen-bond acceptors (Lipinski definition) is 3. The SMILES string of the molecule is O=C(NC1CCCCCC1)c1cc(-c2cccs2)nc2ccccc12. The maximum absolute atomic E-state index is 13.0. The molecule has 3 nitrogen and oxygen atoms in total. The molecule has 0 aliphatic heterocycles. The van der Waals surface area contributed by atoms with Crippen molar-refractivity contribution in [2.24, 2.45) is 0 Å². The second-order valence-corrected chi connectivity index (χ2v) is 7.66. The quantitative estimate of drug-likeness (QED) is 0.641. The number of hydrogen-bond donors (Lipinski definition) is 1. The summed E-state index contributed by atoms with van der Waals surface area (Å²) in [5.41, 5.74) is 2.48. The second-order valence-electron chi connectivity index (χ2n) is 6.71. The van der Waals surface area contributed by atoms with Crippen LogP contribution in [-0.4, -0.2) is 16.9 Å². The normalized spacial score (nSPS) is 15.8. The van der Waals surface area contributed by atoms with E-state index in [0.29, 0.717) is 6.04 Å². The highest BCUT2D eigenvalue weighted by Crippen LogP contribution is 2.28. The van der Waals surface area contributed by atoms with Crippen LogP contribution in [0.1, 0.15) is 48.9 Å². The van der Waals surface area contributed by atoms with Crippen molar-refractivity contribution in [1.82, 2.24) is 10.3 Å². The van der Waals surface area contributed by atoms with E-state index in [0.717, 1.165) is 39.9 Å². The van der Waals surface area contributed by atoms with Gasteiger partial charge in [0.1, 0.15) is 0 Å². The van der Waals surface area contributed by atoms with E-state index in [1.165, 1.54) is 25.7 Å². The highest BCUT2D eigenvalue weighted by molar-refractivity contribution is 7.13. The third-order valence-electron chi connectivity index (χ3n) is 4.92. The Balaban J connectivity index is 1.70. The average molecular weight is 350 g/mol. The van der Waals surface area contributed by atoms with Gasteiger partial charge in [-0.05, 0) is 36.4 Å². The summed E-state index contributed by atoms with van der Waals surface area (Å²) in [4.78, 5) is 18.9. The molecule has 1 aromatic carbocycles. The number of rotatable bonds is 3. The van der Waals surface area contributed by atoms with Crippen LogP contribution in [-0.2, 0) is 0 Å². The molecular weight excluding hydrogens is 328 g/mol. The second kappa shape index (κ2) is 7.36. The number of para-hydroxylation sites is 1.